The Kier molecular flexibility index (Phi) is 6.58. The van der Waals surface area contributed by atoms with Gasteiger partial charge in [0, 0.05) is 5.02 Å². The summed E-state index contributed by atoms with van der Waals surface area (Å²) in [6.45, 7) is 3.66. The molecule has 0 radical (unpaired) electrons. The molecule has 32 heavy (non-hydrogen) atoms. The second-order valence-electron chi connectivity index (χ2n) is 7.00. The second-order valence-corrected chi connectivity index (χ2v) is 9.23. The SMILES string of the molecule is CCOC(=O)C1=C(C)N=c2s/c(=C\c3ccc(Cl)c(Cl)c3)c(=O)n2[C@@H]1c1ccccc1Cl. The highest BCUT2D eigenvalue weighted by atomic mass is 35.5. The van der Waals surface area contributed by atoms with Crippen LogP contribution in [0.3, 0.4) is 0 Å². The minimum atomic E-state index is -0.755. The molecule has 0 amide bonds. The Labute approximate surface area is 202 Å². The summed E-state index contributed by atoms with van der Waals surface area (Å²) in [5.74, 6) is -0.530. The van der Waals surface area contributed by atoms with Crippen molar-refractivity contribution in [3.63, 3.8) is 0 Å². The lowest BCUT2D eigenvalue weighted by molar-refractivity contribution is -0.139. The van der Waals surface area contributed by atoms with E-state index in [1.54, 1.807) is 56.3 Å². The average molecular weight is 508 g/mol. The molecule has 0 aliphatic carbocycles. The van der Waals surface area contributed by atoms with Crippen LogP contribution < -0.4 is 14.9 Å². The van der Waals surface area contributed by atoms with Crippen LogP contribution in [0.5, 0.6) is 0 Å². The number of halogens is 3. The van der Waals surface area contributed by atoms with E-state index >= 15 is 0 Å². The zero-order valence-corrected chi connectivity index (χ0v) is 20.1. The van der Waals surface area contributed by atoms with Gasteiger partial charge >= 0.3 is 5.97 Å². The number of benzene rings is 2. The van der Waals surface area contributed by atoms with Crippen molar-refractivity contribution in [2.24, 2.45) is 4.99 Å². The molecule has 0 fully saturated rings. The second kappa shape index (κ2) is 9.24. The molecule has 0 saturated heterocycles. The van der Waals surface area contributed by atoms with Crippen molar-refractivity contribution < 1.29 is 9.53 Å². The third kappa shape index (κ3) is 4.16. The number of hydrogen-bond donors (Lipinski definition) is 0. The zero-order chi connectivity index (χ0) is 23.0. The van der Waals surface area contributed by atoms with Crippen LogP contribution in [0.15, 0.2) is 63.5 Å². The van der Waals surface area contributed by atoms with E-state index in [2.05, 4.69) is 4.99 Å². The van der Waals surface area contributed by atoms with Crippen molar-refractivity contribution >= 4 is 58.2 Å². The molecule has 0 unspecified atom stereocenters. The third-order valence-corrected chi connectivity index (χ3v) is 7.02. The molecule has 0 N–H and O–H groups in total. The van der Waals surface area contributed by atoms with Gasteiger partial charge in [0.2, 0.25) is 0 Å². The summed E-state index contributed by atoms with van der Waals surface area (Å²) in [6.07, 6.45) is 1.72. The lowest BCUT2D eigenvalue weighted by Crippen LogP contribution is -2.40. The summed E-state index contributed by atoms with van der Waals surface area (Å²) in [5, 5.41) is 1.26. The number of thiazole rings is 1. The summed E-state index contributed by atoms with van der Waals surface area (Å²) in [4.78, 5) is 31.4. The number of carbonyl (C=O) groups is 1. The van der Waals surface area contributed by atoms with Crippen LogP contribution >= 0.6 is 46.1 Å². The molecular formula is C23H17Cl3N2O3S. The molecule has 1 aliphatic rings. The van der Waals surface area contributed by atoms with E-state index in [0.717, 1.165) is 5.56 Å². The minimum Gasteiger partial charge on any atom is -0.463 e. The predicted octanol–water partition coefficient (Wildman–Crippen LogP) is 4.76. The first-order valence-electron chi connectivity index (χ1n) is 9.71. The third-order valence-electron chi connectivity index (χ3n) is 4.96. The lowest BCUT2D eigenvalue weighted by Gasteiger charge is -2.25. The zero-order valence-electron chi connectivity index (χ0n) is 17.1. The number of esters is 1. The maximum Gasteiger partial charge on any atom is 0.338 e. The van der Waals surface area contributed by atoms with Crippen LogP contribution in [0.1, 0.15) is 31.0 Å². The van der Waals surface area contributed by atoms with E-state index in [9.17, 15) is 9.59 Å². The van der Waals surface area contributed by atoms with E-state index in [0.29, 0.717) is 35.7 Å². The molecule has 2 heterocycles. The van der Waals surface area contributed by atoms with Gasteiger partial charge in [-0.3, -0.25) is 9.36 Å². The summed E-state index contributed by atoms with van der Waals surface area (Å²) >= 11 is 19.8. The fraction of sp³-hybridized carbons (Fsp3) is 0.174. The summed E-state index contributed by atoms with van der Waals surface area (Å²) in [5.41, 5.74) is 1.82. The van der Waals surface area contributed by atoms with Crippen molar-refractivity contribution in [3.05, 3.63) is 99.6 Å². The number of hydrogen-bond acceptors (Lipinski definition) is 5. The van der Waals surface area contributed by atoms with Gasteiger partial charge in [0.05, 0.1) is 32.5 Å². The molecule has 5 nitrogen and oxygen atoms in total. The summed E-state index contributed by atoms with van der Waals surface area (Å²) in [6, 6.07) is 11.5. The van der Waals surface area contributed by atoms with E-state index in [1.807, 2.05) is 6.07 Å². The first-order chi connectivity index (χ1) is 15.3. The van der Waals surface area contributed by atoms with Crippen molar-refractivity contribution in [2.45, 2.75) is 19.9 Å². The van der Waals surface area contributed by atoms with Crippen LogP contribution in [-0.4, -0.2) is 17.1 Å². The largest absolute Gasteiger partial charge is 0.463 e. The van der Waals surface area contributed by atoms with Crippen molar-refractivity contribution in [2.75, 3.05) is 6.61 Å². The van der Waals surface area contributed by atoms with Gasteiger partial charge < -0.3 is 4.74 Å². The highest BCUT2D eigenvalue weighted by molar-refractivity contribution is 7.07. The molecular weight excluding hydrogens is 491 g/mol. The molecule has 0 bridgehead atoms. The number of carbonyl (C=O) groups excluding carboxylic acids is 1. The Hall–Kier alpha value is -2.38. The normalized spacial score (nSPS) is 16.0. The smallest absolute Gasteiger partial charge is 0.338 e. The fourth-order valence-electron chi connectivity index (χ4n) is 3.54. The topological polar surface area (TPSA) is 60.7 Å². The summed E-state index contributed by atoms with van der Waals surface area (Å²) in [7, 11) is 0. The fourth-order valence-corrected chi connectivity index (χ4v) is 5.13. The Balaban J connectivity index is 1.98. The van der Waals surface area contributed by atoms with Crippen LogP contribution in [0.2, 0.25) is 15.1 Å². The Morgan fingerprint density at radius 3 is 2.59 bits per heavy atom. The number of nitrogens with zero attached hydrogens (tertiary/aromatic N) is 2. The highest BCUT2D eigenvalue weighted by Crippen LogP contribution is 2.34. The molecule has 9 heteroatoms. The van der Waals surface area contributed by atoms with Gasteiger partial charge in [-0.15, -0.1) is 0 Å². The predicted molar refractivity (Wildman–Crippen MR) is 128 cm³/mol. The Morgan fingerprint density at radius 1 is 1.16 bits per heavy atom. The van der Waals surface area contributed by atoms with Gasteiger partial charge in [-0.2, -0.15) is 0 Å². The van der Waals surface area contributed by atoms with Gasteiger partial charge in [0.1, 0.15) is 6.04 Å². The van der Waals surface area contributed by atoms with E-state index in [-0.39, 0.29) is 17.7 Å². The van der Waals surface area contributed by atoms with Gasteiger partial charge in [0.25, 0.3) is 5.56 Å². The molecule has 0 spiro atoms. The number of aromatic nitrogens is 1. The van der Waals surface area contributed by atoms with Crippen molar-refractivity contribution in [1.29, 1.82) is 0 Å². The first kappa shape index (κ1) is 22.8. The molecule has 4 rings (SSSR count). The van der Waals surface area contributed by atoms with Crippen LogP contribution in [-0.2, 0) is 9.53 Å². The van der Waals surface area contributed by atoms with Crippen LogP contribution in [0, 0.1) is 0 Å². The Morgan fingerprint density at radius 2 is 1.91 bits per heavy atom. The molecule has 164 valence electrons. The number of fused-ring (bicyclic) bond motifs is 1. The molecule has 1 aromatic heterocycles. The van der Waals surface area contributed by atoms with E-state index in [4.69, 9.17) is 39.5 Å². The van der Waals surface area contributed by atoms with Crippen molar-refractivity contribution in [1.82, 2.24) is 4.57 Å². The minimum absolute atomic E-state index is 0.201. The highest BCUT2D eigenvalue weighted by Gasteiger charge is 2.34. The molecule has 1 aliphatic heterocycles. The monoisotopic (exact) mass is 506 g/mol. The molecule has 2 aromatic carbocycles. The van der Waals surface area contributed by atoms with Gasteiger partial charge in [-0.1, -0.05) is 70.4 Å². The first-order valence-corrected chi connectivity index (χ1v) is 11.7. The van der Waals surface area contributed by atoms with Crippen LogP contribution in [0.25, 0.3) is 6.08 Å². The van der Waals surface area contributed by atoms with Gasteiger partial charge in [0.15, 0.2) is 4.80 Å². The standard InChI is InChI=1S/C23H17Cl3N2O3S/c1-3-31-22(30)19-12(2)27-23-28(20(19)14-6-4-5-7-15(14)24)21(29)18(32-23)11-13-8-9-16(25)17(26)10-13/h4-11,20H,3H2,1-2H3/b18-11-/t20-/m1/s1. The summed E-state index contributed by atoms with van der Waals surface area (Å²) < 4.78 is 7.21. The Bertz CT molecular complexity index is 1440. The van der Waals surface area contributed by atoms with E-state index in [1.165, 1.54) is 15.9 Å². The van der Waals surface area contributed by atoms with Gasteiger partial charge in [-0.25, -0.2) is 9.79 Å². The average Bonchev–Trinajstić information content (AvgIpc) is 3.05. The number of ether oxygens (including phenoxy) is 1. The maximum absolute atomic E-state index is 13.5. The maximum atomic E-state index is 13.5. The van der Waals surface area contributed by atoms with Crippen LogP contribution in [0.4, 0.5) is 0 Å². The number of rotatable bonds is 4. The lowest BCUT2D eigenvalue weighted by atomic mass is 9.96. The van der Waals surface area contributed by atoms with Crippen molar-refractivity contribution in [3.8, 4) is 0 Å². The molecule has 1 atom stereocenters. The quantitative estimate of drug-likeness (QED) is 0.479. The molecule has 3 aromatic rings. The van der Waals surface area contributed by atoms with E-state index < -0.39 is 12.0 Å². The molecule has 0 saturated carbocycles. The number of allylic oxidation sites excluding steroid dienone is 1. The van der Waals surface area contributed by atoms with Gasteiger partial charge in [-0.05, 0) is 49.2 Å².